The molecule has 4 aromatic rings. The lowest BCUT2D eigenvalue weighted by atomic mass is 10.1. The highest BCUT2D eigenvalue weighted by molar-refractivity contribution is 7.89. The molecule has 0 amide bonds. The summed E-state index contributed by atoms with van der Waals surface area (Å²) in [5, 5.41) is 1.22. The first-order chi connectivity index (χ1) is 15.5. The van der Waals surface area contributed by atoms with Gasteiger partial charge in [0.15, 0.2) is 0 Å². The van der Waals surface area contributed by atoms with E-state index in [-0.39, 0.29) is 10.9 Å². The van der Waals surface area contributed by atoms with Gasteiger partial charge in [0.05, 0.1) is 12.0 Å². The molecule has 1 heterocycles. The van der Waals surface area contributed by atoms with Crippen LogP contribution in [0.15, 0.2) is 90.0 Å². The third-order valence-corrected chi connectivity index (χ3v) is 7.25. The summed E-state index contributed by atoms with van der Waals surface area (Å²) in [6.07, 6.45) is 3.69. The number of hydrogen-bond donors (Lipinski definition) is 1. The number of ether oxygens (including phenoxy) is 1. The Kier molecular flexibility index (Phi) is 6.63. The summed E-state index contributed by atoms with van der Waals surface area (Å²) < 4.78 is 35.6. The minimum atomic E-state index is -3.58. The largest absolute Gasteiger partial charge is 0.497 e. The van der Waals surface area contributed by atoms with Gasteiger partial charge in [0.2, 0.25) is 10.0 Å². The number of para-hydroxylation sites is 1. The fraction of sp³-hybridized carbons (Fsp3) is 0.231. The minimum absolute atomic E-state index is 0.196. The molecule has 1 atom stereocenters. The van der Waals surface area contributed by atoms with E-state index < -0.39 is 10.0 Å². The van der Waals surface area contributed by atoms with Crippen molar-refractivity contribution in [3.05, 3.63) is 96.2 Å². The summed E-state index contributed by atoms with van der Waals surface area (Å²) in [6, 6.07) is 25.0. The molecule has 0 aliphatic rings. The van der Waals surface area contributed by atoms with Crippen LogP contribution in [0.2, 0.25) is 0 Å². The predicted molar refractivity (Wildman–Crippen MR) is 129 cm³/mol. The standard InChI is InChI=1S/C26H28N2O3S/c1-20(27-32(29,30)24-16-14-23(31-2)15-17-24)12-13-22-19-28(18-21-8-4-3-5-9-21)26-11-7-6-10-25(22)26/h3-11,14-17,19-20,27H,12-13,18H2,1-2H3/t20-/m0/s1. The predicted octanol–water partition coefficient (Wildman–Crippen LogP) is 5.00. The Morgan fingerprint density at radius 3 is 2.34 bits per heavy atom. The molecule has 0 saturated carbocycles. The third kappa shape index (κ3) is 5.03. The summed E-state index contributed by atoms with van der Waals surface area (Å²) in [5.41, 5.74) is 3.67. The van der Waals surface area contributed by atoms with Crippen LogP contribution in [0, 0.1) is 0 Å². The maximum atomic E-state index is 12.7. The van der Waals surface area contributed by atoms with Crippen LogP contribution in [-0.4, -0.2) is 26.1 Å². The van der Waals surface area contributed by atoms with Gasteiger partial charge in [-0.3, -0.25) is 0 Å². The number of hydrogen-bond acceptors (Lipinski definition) is 3. The number of rotatable bonds is 9. The zero-order valence-corrected chi connectivity index (χ0v) is 19.2. The van der Waals surface area contributed by atoms with Crippen molar-refractivity contribution >= 4 is 20.9 Å². The summed E-state index contributed by atoms with van der Waals surface area (Å²) in [6.45, 7) is 2.71. The van der Waals surface area contributed by atoms with Gasteiger partial charge in [0.25, 0.3) is 0 Å². The van der Waals surface area contributed by atoms with Gasteiger partial charge in [-0.05, 0) is 61.2 Å². The molecule has 3 aromatic carbocycles. The smallest absolute Gasteiger partial charge is 0.240 e. The van der Waals surface area contributed by atoms with E-state index in [0.717, 1.165) is 13.0 Å². The van der Waals surface area contributed by atoms with E-state index in [1.165, 1.54) is 22.0 Å². The summed E-state index contributed by atoms with van der Waals surface area (Å²) in [4.78, 5) is 0.240. The quantitative estimate of drug-likeness (QED) is 0.392. The van der Waals surface area contributed by atoms with Crippen molar-refractivity contribution in [2.75, 3.05) is 7.11 Å². The Bertz CT molecular complexity index is 1280. The van der Waals surface area contributed by atoms with E-state index in [0.29, 0.717) is 12.2 Å². The van der Waals surface area contributed by atoms with Crippen LogP contribution in [0.1, 0.15) is 24.5 Å². The number of benzene rings is 3. The van der Waals surface area contributed by atoms with Crippen molar-refractivity contribution in [1.29, 1.82) is 0 Å². The van der Waals surface area contributed by atoms with Gasteiger partial charge in [-0.25, -0.2) is 13.1 Å². The van der Waals surface area contributed by atoms with Gasteiger partial charge in [0, 0.05) is 29.7 Å². The zero-order chi connectivity index (χ0) is 22.6. The van der Waals surface area contributed by atoms with Crippen molar-refractivity contribution in [3.63, 3.8) is 0 Å². The first-order valence-corrected chi connectivity index (χ1v) is 12.2. The fourth-order valence-electron chi connectivity index (χ4n) is 3.95. The Hall–Kier alpha value is -3.09. The van der Waals surface area contributed by atoms with Crippen molar-refractivity contribution < 1.29 is 13.2 Å². The maximum Gasteiger partial charge on any atom is 0.240 e. The van der Waals surface area contributed by atoms with Gasteiger partial charge in [-0.2, -0.15) is 0 Å². The van der Waals surface area contributed by atoms with E-state index in [4.69, 9.17) is 4.74 Å². The topological polar surface area (TPSA) is 60.3 Å². The number of sulfonamides is 1. The molecule has 0 bridgehead atoms. The first-order valence-electron chi connectivity index (χ1n) is 10.7. The highest BCUT2D eigenvalue weighted by Crippen LogP contribution is 2.24. The first kappa shape index (κ1) is 22.1. The molecule has 4 rings (SSSR count). The van der Waals surface area contributed by atoms with Crippen LogP contribution in [0.4, 0.5) is 0 Å². The van der Waals surface area contributed by atoms with Crippen molar-refractivity contribution in [1.82, 2.24) is 9.29 Å². The van der Waals surface area contributed by atoms with E-state index >= 15 is 0 Å². The average molecular weight is 449 g/mol. The van der Waals surface area contributed by atoms with Crippen molar-refractivity contribution in [3.8, 4) is 5.75 Å². The molecule has 0 saturated heterocycles. The second-order valence-electron chi connectivity index (χ2n) is 8.02. The van der Waals surface area contributed by atoms with Crippen LogP contribution in [0.3, 0.4) is 0 Å². The van der Waals surface area contributed by atoms with Crippen molar-refractivity contribution in [2.24, 2.45) is 0 Å². The lowest BCUT2D eigenvalue weighted by Crippen LogP contribution is -2.32. The lowest BCUT2D eigenvalue weighted by molar-refractivity contribution is 0.414. The summed E-state index contributed by atoms with van der Waals surface area (Å²) >= 11 is 0. The molecule has 32 heavy (non-hydrogen) atoms. The summed E-state index contributed by atoms with van der Waals surface area (Å²) in [5.74, 6) is 0.629. The molecular formula is C26H28N2O3S. The molecule has 0 fully saturated rings. The SMILES string of the molecule is COc1ccc(S(=O)(=O)N[C@@H](C)CCc2cn(Cc3ccccc3)c3ccccc23)cc1. The van der Waals surface area contributed by atoms with Crippen LogP contribution in [0.5, 0.6) is 5.75 Å². The van der Waals surface area contributed by atoms with E-state index in [2.05, 4.69) is 64.0 Å². The molecule has 0 spiro atoms. The molecule has 1 aromatic heterocycles. The molecule has 1 N–H and O–H groups in total. The van der Waals surface area contributed by atoms with Crippen LogP contribution in [0.25, 0.3) is 10.9 Å². The minimum Gasteiger partial charge on any atom is -0.497 e. The molecule has 6 heteroatoms. The molecule has 0 unspecified atom stereocenters. The highest BCUT2D eigenvalue weighted by Gasteiger charge is 2.18. The highest BCUT2D eigenvalue weighted by atomic mass is 32.2. The van der Waals surface area contributed by atoms with Gasteiger partial charge < -0.3 is 9.30 Å². The van der Waals surface area contributed by atoms with Gasteiger partial charge >= 0.3 is 0 Å². The monoisotopic (exact) mass is 448 g/mol. The Morgan fingerprint density at radius 1 is 0.938 bits per heavy atom. The summed E-state index contributed by atoms with van der Waals surface area (Å²) in [7, 11) is -2.02. The number of aryl methyl sites for hydroxylation is 1. The number of nitrogens with zero attached hydrogens (tertiary/aromatic N) is 1. The van der Waals surface area contributed by atoms with Crippen LogP contribution in [-0.2, 0) is 23.0 Å². The van der Waals surface area contributed by atoms with Crippen molar-refractivity contribution in [2.45, 2.75) is 37.2 Å². The average Bonchev–Trinajstić information content (AvgIpc) is 3.15. The number of methoxy groups -OCH3 is 1. The molecule has 166 valence electrons. The number of nitrogens with one attached hydrogen (secondary N) is 1. The van der Waals surface area contributed by atoms with E-state index in [1.807, 2.05) is 13.0 Å². The van der Waals surface area contributed by atoms with E-state index in [1.54, 1.807) is 31.4 Å². The number of fused-ring (bicyclic) bond motifs is 1. The van der Waals surface area contributed by atoms with Crippen LogP contribution < -0.4 is 9.46 Å². The second-order valence-corrected chi connectivity index (χ2v) is 9.74. The van der Waals surface area contributed by atoms with Gasteiger partial charge in [-0.1, -0.05) is 48.5 Å². The normalized spacial score (nSPS) is 12.7. The Morgan fingerprint density at radius 2 is 1.62 bits per heavy atom. The molecule has 0 aliphatic heterocycles. The maximum absolute atomic E-state index is 12.7. The zero-order valence-electron chi connectivity index (χ0n) is 18.4. The second kappa shape index (κ2) is 9.59. The van der Waals surface area contributed by atoms with Gasteiger partial charge in [0.1, 0.15) is 5.75 Å². The van der Waals surface area contributed by atoms with Gasteiger partial charge in [-0.15, -0.1) is 0 Å². The Labute approximate surface area is 189 Å². The number of aromatic nitrogens is 1. The Balaban J connectivity index is 1.46. The van der Waals surface area contributed by atoms with E-state index in [9.17, 15) is 8.42 Å². The third-order valence-electron chi connectivity index (χ3n) is 5.64. The molecular weight excluding hydrogens is 420 g/mol. The van der Waals surface area contributed by atoms with Crippen LogP contribution >= 0.6 is 0 Å². The molecule has 5 nitrogen and oxygen atoms in total. The molecule has 0 radical (unpaired) electrons. The molecule has 0 aliphatic carbocycles. The lowest BCUT2D eigenvalue weighted by Gasteiger charge is -2.14. The fourth-order valence-corrected chi connectivity index (χ4v) is 5.23.